The normalized spacial score (nSPS) is 14.9. The van der Waals surface area contributed by atoms with Crippen molar-refractivity contribution in [1.29, 1.82) is 0 Å². The second-order valence-electron chi connectivity index (χ2n) is 7.69. The maximum absolute atomic E-state index is 12.9. The molecule has 0 radical (unpaired) electrons. The van der Waals surface area contributed by atoms with Gasteiger partial charge in [-0.3, -0.25) is 4.79 Å². The summed E-state index contributed by atoms with van der Waals surface area (Å²) in [7, 11) is 2.04. The quantitative estimate of drug-likeness (QED) is 0.765. The maximum Gasteiger partial charge on any atom is 0.255 e. The van der Waals surface area contributed by atoms with E-state index in [-0.39, 0.29) is 5.91 Å². The molecule has 1 amide bonds. The highest BCUT2D eigenvalue weighted by molar-refractivity contribution is 5.94. The van der Waals surface area contributed by atoms with Gasteiger partial charge in [0.1, 0.15) is 5.82 Å². The highest BCUT2D eigenvalue weighted by Gasteiger charge is 2.21. The van der Waals surface area contributed by atoms with Crippen molar-refractivity contribution in [3.8, 4) is 0 Å². The van der Waals surface area contributed by atoms with E-state index in [1.807, 2.05) is 30.1 Å². The SMILES string of the molecule is CC(C)CCN(C)c1ccc(C(=O)N2CCCN(c3ncccn3)CC2)cn1. The van der Waals surface area contributed by atoms with Crippen molar-refractivity contribution in [2.75, 3.05) is 49.6 Å². The van der Waals surface area contributed by atoms with Gasteiger partial charge in [-0.2, -0.15) is 0 Å². The van der Waals surface area contributed by atoms with Crippen LogP contribution in [0.5, 0.6) is 0 Å². The van der Waals surface area contributed by atoms with Crippen LogP contribution in [0.15, 0.2) is 36.8 Å². The lowest BCUT2D eigenvalue weighted by Crippen LogP contribution is -2.35. The summed E-state index contributed by atoms with van der Waals surface area (Å²) in [6.45, 7) is 8.38. The Balaban J connectivity index is 1.59. The van der Waals surface area contributed by atoms with Gasteiger partial charge in [-0.1, -0.05) is 13.8 Å². The van der Waals surface area contributed by atoms with Crippen molar-refractivity contribution in [2.24, 2.45) is 5.92 Å². The molecule has 0 spiro atoms. The lowest BCUT2D eigenvalue weighted by Gasteiger charge is -2.22. The van der Waals surface area contributed by atoms with Gasteiger partial charge in [0.15, 0.2) is 0 Å². The van der Waals surface area contributed by atoms with Crippen LogP contribution in [-0.2, 0) is 0 Å². The van der Waals surface area contributed by atoms with E-state index in [1.54, 1.807) is 18.6 Å². The molecule has 3 heterocycles. The molecule has 0 atom stereocenters. The van der Waals surface area contributed by atoms with E-state index in [1.165, 1.54) is 0 Å². The molecular formula is C21H30N6O. The number of hydrogen-bond donors (Lipinski definition) is 0. The van der Waals surface area contributed by atoms with Crippen molar-refractivity contribution >= 4 is 17.7 Å². The summed E-state index contributed by atoms with van der Waals surface area (Å²) in [5, 5.41) is 0. The van der Waals surface area contributed by atoms with E-state index in [9.17, 15) is 4.79 Å². The molecule has 28 heavy (non-hydrogen) atoms. The molecule has 150 valence electrons. The molecule has 0 N–H and O–H groups in total. The third kappa shape index (κ3) is 5.18. The predicted molar refractivity (Wildman–Crippen MR) is 112 cm³/mol. The third-order valence-electron chi connectivity index (χ3n) is 5.05. The fourth-order valence-corrected chi connectivity index (χ4v) is 3.26. The molecule has 7 nitrogen and oxygen atoms in total. The summed E-state index contributed by atoms with van der Waals surface area (Å²) in [6.07, 6.45) is 7.22. The smallest absolute Gasteiger partial charge is 0.255 e. The molecular weight excluding hydrogens is 352 g/mol. The number of anilines is 2. The average molecular weight is 383 g/mol. The van der Waals surface area contributed by atoms with Crippen molar-refractivity contribution in [3.05, 3.63) is 42.4 Å². The maximum atomic E-state index is 12.9. The van der Waals surface area contributed by atoms with Crippen LogP contribution in [0, 0.1) is 5.92 Å². The van der Waals surface area contributed by atoms with E-state index in [0.717, 1.165) is 50.8 Å². The van der Waals surface area contributed by atoms with Gasteiger partial charge in [0.05, 0.1) is 5.56 Å². The Morgan fingerprint density at radius 3 is 2.57 bits per heavy atom. The largest absolute Gasteiger partial charge is 0.360 e. The minimum absolute atomic E-state index is 0.0414. The Labute approximate surface area is 167 Å². The van der Waals surface area contributed by atoms with Crippen molar-refractivity contribution in [2.45, 2.75) is 26.7 Å². The number of carbonyl (C=O) groups excluding carboxylic acids is 1. The Morgan fingerprint density at radius 2 is 1.89 bits per heavy atom. The number of amides is 1. The fraction of sp³-hybridized carbons (Fsp3) is 0.524. The van der Waals surface area contributed by atoms with Gasteiger partial charge < -0.3 is 14.7 Å². The molecule has 1 saturated heterocycles. The average Bonchev–Trinajstić information content (AvgIpc) is 2.98. The number of pyridine rings is 1. The van der Waals surface area contributed by atoms with Crippen LogP contribution in [0.2, 0.25) is 0 Å². The first-order chi connectivity index (χ1) is 13.5. The summed E-state index contributed by atoms with van der Waals surface area (Å²) in [5.74, 6) is 2.33. The number of nitrogens with zero attached hydrogens (tertiary/aromatic N) is 6. The van der Waals surface area contributed by atoms with Crippen LogP contribution in [0.1, 0.15) is 37.0 Å². The molecule has 0 saturated carbocycles. The zero-order valence-electron chi connectivity index (χ0n) is 17.1. The first-order valence-electron chi connectivity index (χ1n) is 10.0. The summed E-state index contributed by atoms with van der Waals surface area (Å²) in [6, 6.07) is 5.64. The van der Waals surface area contributed by atoms with Crippen LogP contribution < -0.4 is 9.80 Å². The van der Waals surface area contributed by atoms with Gasteiger partial charge in [0.25, 0.3) is 5.91 Å². The van der Waals surface area contributed by atoms with E-state index >= 15 is 0 Å². The van der Waals surface area contributed by atoms with Gasteiger partial charge in [0.2, 0.25) is 5.95 Å². The zero-order valence-corrected chi connectivity index (χ0v) is 17.1. The first-order valence-corrected chi connectivity index (χ1v) is 10.0. The van der Waals surface area contributed by atoms with Gasteiger partial charge in [-0.25, -0.2) is 15.0 Å². The van der Waals surface area contributed by atoms with Gasteiger partial charge in [-0.05, 0) is 37.0 Å². The van der Waals surface area contributed by atoms with Crippen LogP contribution in [0.4, 0.5) is 11.8 Å². The van der Waals surface area contributed by atoms with Crippen LogP contribution in [0.25, 0.3) is 0 Å². The van der Waals surface area contributed by atoms with Gasteiger partial charge >= 0.3 is 0 Å². The topological polar surface area (TPSA) is 65.5 Å². The van der Waals surface area contributed by atoms with E-state index < -0.39 is 0 Å². The molecule has 2 aromatic heterocycles. The summed E-state index contributed by atoms with van der Waals surface area (Å²) in [4.78, 5) is 32.2. The number of rotatable bonds is 6. The minimum atomic E-state index is 0.0414. The second kappa shape index (κ2) is 9.48. The molecule has 1 aliphatic heterocycles. The molecule has 0 unspecified atom stereocenters. The van der Waals surface area contributed by atoms with E-state index in [2.05, 4.69) is 38.6 Å². The second-order valence-corrected chi connectivity index (χ2v) is 7.69. The van der Waals surface area contributed by atoms with Crippen molar-refractivity contribution in [3.63, 3.8) is 0 Å². The zero-order chi connectivity index (χ0) is 19.9. The standard InChI is InChI=1S/C21H30N6O/c1-17(2)8-13-25(3)19-7-6-18(16-24-19)20(28)26-11-5-12-27(15-14-26)21-22-9-4-10-23-21/h4,6-7,9-10,16-17H,5,8,11-15H2,1-3H3. The lowest BCUT2D eigenvalue weighted by molar-refractivity contribution is 0.0766. The number of aromatic nitrogens is 3. The van der Waals surface area contributed by atoms with Gasteiger partial charge in [0, 0.05) is 58.4 Å². The molecule has 0 aliphatic carbocycles. The van der Waals surface area contributed by atoms with Crippen LogP contribution >= 0.6 is 0 Å². The highest BCUT2D eigenvalue weighted by atomic mass is 16.2. The van der Waals surface area contributed by atoms with Crippen molar-refractivity contribution in [1.82, 2.24) is 19.9 Å². The minimum Gasteiger partial charge on any atom is -0.360 e. The number of hydrogen-bond acceptors (Lipinski definition) is 6. The molecule has 0 aromatic carbocycles. The van der Waals surface area contributed by atoms with Crippen LogP contribution in [0.3, 0.4) is 0 Å². The summed E-state index contributed by atoms with van der Waals surface area (Å²) in [5.41, 5.74) is 0.644. The van der Waals surface area contributed by atoms with E-state index in [4.69, 9.17) is 0 Å². The Bertz CT molecular complexity index is 749. The highest BCUT2D eigenvalue weighted by Crippen LogP contribution is 2.15. The lowest BCUT2D eigenvalue weighted by atomic mass is 10.1. The first kappa shape index (κ1) is 20.0. The monoisotopic (exact) mass is 382 g/mol. The predicted octanol–water partition coefficient (Wildman–Crippen LogP) is 2.71. The molecule has 3 rings (SSSR count). The third-order valence-corrected chi connectivity index (χ3v) is 5.05. The molecule has 1 fully saturated rings. The molecule has 7 heteroatoms. The summed E-state index contributed by atoms with van der Waals surface area (Å²) < 4.78 is 0. The summed E-state index contributed by atoms with van der Waals surface area (Å²) >= 11 is 0. The van der Waals surface area contributed by atoms with Crippen molar-refractivity contribution < 1.29 is 4.79 Å². The molecule has 1 aliphatic rings. The Hall–Kier alpha value is -2.70. The van der Waals surface area contributed by atoms with E-state index in [0.29, 0.717) is 18.0 Å². The van der Waals surface area contributed by atoms with Crippen LogP contribution in [-0.4, -0.2) is 65.5 Å². The number of carbonyl (C=O) groups is 1. The fourth-order valence-electron chi connectivity index (χ4n) is 3.26. The van der Waals surface area contributed by atoms with Gasteiger partial charge in [-0.15, -0.1) is 0 Å². The Morgan fingerprint density at radius 1 is 1.11 bits per heavy atom. The molecule has 2 aromatic rings. The molecule has 0 bridgehead atoms. The Kier molecular flexibility index (Phi) is 6.79.